The number of H-pyrrole nitrogens is 1. The summed E-state index contributed by atoms with van der Waals surface area (Å²) in [6.07, 6.45) is 0.0119. The number of amides is 1. The highest BCUT2D eigenvalue weighted by molar-refractivity contribution is 6.03. The summed E-state index contributed by atoms with van der Waals surface area (Å²) in [5, 5.41) is 16.0. The van der Waals surface area contributed by atoms with Crippen molar-refractivity contribution in [3.8, 4) is 6.07 Å². The molecular formula is C19H15FN4O3. The van der Waals surface area contributed by atoms with Crippen LogP contribution in [-0.4, -0.2) is 35.2 Å². The second-order valence-electron chi connectivity index (χ2n) is 5.60. The second-order valence-corrected chi connectivity index (χ2v) is 5.60. The Hall–Kier alpha value is -3.73. The summed E-state index contributed by atoms with van der Waals surface area (Å²) in [6, 6.07) is 14.6. The van der Waals surface area contributed by atoms with E-state index in [9.17, 15) is 14.0 Å². The molecule has 0 saturated carbocycles. The van der Waals surface area contributed by atoms with Gasteiger partial charge in [-0.15, -0.1) is 0 Å². The van der Waals surface area contributed by atoms with E-state index >= 15 is 0 Å². The number of carbonyl (C=O) groups is 2. The van der Waals surface area contributed by atoms with Gasteiger partial charge >= 0.3 is 5.97 Å². The lowest BCUT2D eigenvalue weighted by Gasteiger charge is -2.22. The first-order valence-electron chi connectivity index (χ1n) is 8.14. The molecule has 27 heavy (non-hydrogen) atoms. The average Bonchev–Trinajstić information content (AvgIpc) is 3.12. The number of rotatable bonds is 6. The summed E-state index contributed by atoms with van der Waals surface area (Å²) in [6.45, 7) is -0.612. The third-order valence-corrected chi connectivity index (χ3v) is 3.88. The minimum atomic E-state index is -0.769. The number of fused-ring (bicyclic) bond motifs is 1. The first kappa shape index (κ1) is 18.1. The summed E-state index contributed by atoms with van der Waals surface area (Å²) in [5.41, 5.74) is 0.754. The quantitative estimate of drug-likeness (QED) is 0.676. The molecule has 0 aliphatic heterocycles. The molecule has 0 atom stereocenters. The first-order chi connectivity index (χ1) is 13.1. The van der Waals surface area contributed by atoms with Crippen LogP contribution in [0.1, 0.15) is 16.9 Å². The van der Waals surface area contributed by atoms with E-state index in [-0.39, 0.29) is 24.3 Å². The van der Waals surface area contributed by atoms with E-state index in [1.165, 1.54) is 18.2 Å². The van der Waals surface area contributed by atoms with Crippen LogP contribution in [0.4, 0.5) is 10.1 Å². The number of carbonyl (C=O) groups excluding carboxylic acids is 2. The standard InChI is InChI=1S/C19H15FN4O3/c20-14-7-2-4-9-16(14)24(11-5-10-21)17(25)12-27-19(26)18-13-6-1-3-8-15(13)22-23-18/h1-4,6-9H,5,11-12H2,(H,22,23). The number of hydrogen-bond donors (Lipinski definition) is 1. The van der Waals surface area contributed by atoms with Gasteiger partial charge in [0.2, 0.25) is 0 Å². The largest absolute Gasteiger partial charge is 0.451 e. The van der Waals surface area contributed by atoms with Gasteiger partial charge in [0.05, 0.1) is 23.7 Å². The van der Waals surface area contributed by atoms with Gasteiger partial charge in [0.25, 0.3) is 5.91 Å². The maximum Gasteiger partial charge on any atom is 0.359 e. The number of benzene rings is 2. The molecule has 2 aromatic carbocycles. The molecule has 7 nitrogen and oxygen atoms in total. The zero-order chi connectivity index (χ0) is 19.2. The van der Waals surface area contributed by atoms with Crippen LogP contribution in [0.25, 0.3) is 10.9 Å². The van der Waals surface area contributed by atoms with Crippen molar-refractivity contribution in [1.29, 1.82) is 5.26 Å². The van der Waals surface area contributed by atoms with Crippen molar-refractivity contribution in [2.75, 3.05) is 18.1 Å². The van der Waals surface area contributed by atoms with E-state index in [0.29, 0.717) is 10.9 Å². The average molecular weight is 366 g/mol. The van der Waals surface area contributed by atoms with E-state index < -0.39 is 24.3 Å². The summed E-state index contributed by atoms with van der Waals surface area (Å²) in [7, 11) is 0. The number of para-hydroxylation sites is 2. The number of ether oxygens (including phenoxy) is 1. The highest BCUT2D eigenvalue weighted by Crippen LogP contribution is 2.20. The number of nitrogens with one attached hydrogen (secondary N) is 1. The zero-order valence-electron chi connectivity index (χ0n) is 14.2. The molecule has 0 aliphatic rings. The van der Waals surface area contributed by atoms with Gasteiger partial charge in [-0.2, -0.15) is 10.4 Å². The van der Waals surface area contributed by atoms with E-state index in [2.05, 4.69) is 10.2 Å². The topological polar surface area (TPSA) is 99.1 Å². The molecule has 3 rings (SSSR count). The Bertz CT molecular complexity index is 1020. The third-order valence-electron chi connectivity index (χ3n) is 3.88. The molecule has 0 saturated heterocycles. The van der Waals surface area contributed by atoms with Crippen molar-refractivity contribution < 1.29 is 18.7 Å². The molecular weight excluding hydrogens is 351 g/mol. The molecule has 8 heteroatoms. The second kappa shape index (κ2) is 8.10. The fourth-order valence-corrected chi connectivity index (χ4v) is 2.60. The van der Waals surface area contributed by atoms with Crippen molar-refractivity contribution in [3.63, 3.8) is 0 Å². The Morgan fingerprint density at radius 1 is 1.19 bits per heavy atom. The van der Waals surface area contributed by atoms with Gasteiger partial charge in [-0.3, -0.25) is 9.89 Å². The molecule has 1 heterocycles. The molecule has 1 aromatic heterocycles. The van der Waals surface area contributed by atoms with Crippen molar-refractivity contribution >= 4 is 28.5 Å². The lowest BCUT2D eigenvalue weighted by atomic mass is 10.2. The fraction of sp³-hybridized carbons (Fsp3) is 0.158. The molecule has 136 valence electrons. The number of anilines is 1. The molecule has 0 spiro atoms. The number of nitrogens with zero attached hydrogens (tertiary/aromatic N) is 3. The van der Waals surface area contributed by atoms with Crippen LogP contribution in [0.15, 0.2) is 48.5 Å². The van der Waals surface area contributed by atoms with Gasteiger partial charge in [-0.25, -0.2) is 9.18 Å². The molecule has 1 N–H and O–H groups in total. The van der Waals surface area contributed by atoms with Crippen molar-refractivity contribution in [2.45, 2.75) is 6.42 Å². The van der Waals surface area contributed by atoms with Crippen LogP contribution in [0.2, 0.25) is 0 Å². The maximum absolute atomic E-state index is 14.0. The Kier molecular flexibility index (Phi) is 5.42. The molecule has 0 fully saturated rings. The number of aromatic nitrogens is 2. The van der Waals surface area contributed by atoms with Crippen molar-refractivity contribution in [2.24, 2.45) is 0 Å². The van der Waals surface area contributed by atoms with Crippen LogP contribution in [-0.2, 0) is 9.53 Å². The summed E-state index contributed by atoms with van der Waals surface area (Å²) in [4.78, 5) is 25.8. The van der Waals surface area contributed by atoms with E-state index in [0.717, 1.165) is 4.90 Å². The number of halogens is 1. The Morgan fingerprint density at radius 3 is 2.70 bits per heavy atom. The van der Waals surface area contributed by atoms with Gasteiger partial charge in [0.15, 0.2) is 12.3 Å². The van der Waals surface area contributed by atoms with Crippen LogP contribution in [0.5, 0.6) is 0 Å². The first-order valence-corrected chi connectivity index (χ1v) is 8.14. The number of hydrogen-bond acceptors (Lipinski definition) is 5. The van der Waals surface area contributed by atoms with Crippen molar-refractivity contribution in [3.05, 3.63) is 60.0 Å². The fourth-order valence-electron chi connectivity index (χ4n) is 2.60. The van der Waals surface area contributed by atoms with Crippen LogP contribution >= 0.6 is 0 Å². The smallest absolute Gasteiger partial charge is 0.359 e. The number of nitriles is 1. The predicted octanol–water partition coefficient (Wildman–Crippen LogP) is 2.81. The van der Waals surface area contributed by atoms with E-state index in [1.54, 1.807) is 30.3 Å². The molecule has 0 aliphatic carbocycles. The lowest BCUT2D eigenvalue weighted by molar-refractivity contribution is -0.121. The molecule has 0 bridgehead atoms. The number of aromatic amines is 1. The predicted molar refractivity (Wildman–Crippen MR) is 95.4 cm³/mol. The molecule has 0 unspecified atom stereocenters. The maximum atomic E-state index is 14.0. The normalized spacial score (nSPS) is 10.4. The molecule has 3 aromatic rings. The summed E-state index contributed by atoms with van der Waals surface area (Å²) in [5.74, 6) is -2.01. The summed E-state index contributed by atoms with van der Waals surface area (Å²) >= 11 is 0. The SMILES string of the molecule is N#CCCN(C(=O)COC(=O)c1n[nH]c2ccccc12)c1ccccc1F. The van der Waals surface area contributed by atoms with Gasteiger partial charge < -0.3 is 9.64 Å². The van der Waals surface area contributed by atoms with Gasteiger partial charge in [0.1, 0.15) is 5.82 Å². The monoisotopic (exact) mass is 366 g/mol. The third kappa shape index (κ3) is 3.93. The Morgan fingerprint density at radius 2 is 1.93 bits per heavy atom. The van der Waals surface area contributed by atoms with Gasteiger partial charge in [0, 0.05) is 11.9 Å². The van der Waals surface area contributed by atoms with Crippen LogP contribution in [0.3, 0.4) is 0 Å². The van der Waals surface area contributed by atoms with Gasteiger partial charge in [-0.1, -0.05) is 30.3 Å². The Labute approximate surface area is 154 Å². The Balaban J connectivity index is 1.73. The molecule has 1 amide bonds. The zero-order valence-corrected chi connectivity index (χ0v) is 14.2. The van der Waals surface area contributed by atoms with Crippen LogP contribution < -0.4 is 4.90 Å². The minimum Gasteiger partial charge on any atom is -0.451 e. The molecule has 0 radical (unpaired) electrons. The van der Waals surface area contributed by atoms with E-state index in [4.69, 9.17) is 10.00 Å². The van der Waals surface area contributed by atoms with Crippen LogP contribution in [0, 0.1) is 17.1 Å². The highest BCUT2D eigenvalue weighted by atomic mass is 19.1. The summed E-state index contributed by atoms with van der Waals surface area (Å²) < 4.78 is 19.1. The minimum absolute atomic E-state index is 0.0119. The van der Waals surface area contributed by atoms with Crippen molar-refractivity contribution in [1.82, 2.24) is 10.2 Å². The van der Waals surface area contributed by atoms with Gasteiger partial charge in [-0.05, 0) is 18.2 Å². The van der Waals surface area contributed by atoms with E-state index in [1.807, 2.05) is 6.07 Å². The number of esters is 1. The lowest BCUT2D eigenvalue weighted by Crippen LogP contribution is -2.36. The highest BCUT2D eigenvalue weighted by Gasteiger charge is 2.22.